The first-order valence-corrected chi connectivity index (χ1v) is 7.86. The lowest BCUT2D eigenvalue weighted by Gasteiger charge is -2.32. The number of hydrogen-bond donors (Lipinski definition) is 1. The van der Waals surface area contributed by atoms with Gasteiger partial charge in [-0.05, 0) is 43.4 Å². The van der Waals surface area contributed by atoms with Crippen molar-refractivity contribution >= 4 is 17.5 Å². The van der Waals surface area contributed by atoms with Crippen LogP contribution in [0.1, 0.15) is 36.5 Å². The van der Waals surface area contributed by atoms with Crippen molar-refractivity contribution in [2.75, 3.05) is 26.3 Å². The third-order valence-corrected chi connectivity index (χ3v) is 3.93. The van der Waals surface area contributed by atoms with E-state index in [0.717, 1.165) is 25.8 Å². The molecule has 1 fully saturated rings. The SMILES string of the molecule is CCCOc1ccc(Cl)cc1C(=O)N1CCCC(CO)C1. The minimum Gasteiger partial charge on any atom is -0.493 e. The van der Waals surface area contributed by atoms with Gasteiger partial charge in [-0.25, -0.2) is 0 Å². The van der Waals surface area contributed by atoms with Crippen molar-refractivity contribution in [2.24, 2.45) is 5.92 Å². The Labute approximate surface area is 130 Å². The third kappa shape index (κ3) is 4.11. The van der Waals surface area contributed by atoms with E-state index in [0.29, 0.717) is 29.5 Å². The van der Waals surface area contributed by atoms with Gasteiger partial charge < -0.3 is 14.7 Å². The summed E-state index contributed by atoms with van der Waals surface area (Å²) in [7, 11) is 0. The maximum Gasteiger partial charge on any atom is 0.257 e. The number of amides is 1. The van der Waals surface area contributed by atoms with E-state index in [1.807, 2.05) is 6.92 Å². The number of benzene rings is 1. The summed E-state index contributed by atoms with van der Waals surface area (Å²) in [6.45, 7) is 4.03. The van der Waals surface area contributed by atoms with Crippen LogP contribution >= 0.6 is 11.6 Å². The van der Waals surface area contributed by atoms with E-state index in [-0.39, 0.29) is 18.4 Å². The number of likely N-dealkylation sites (tertiary alicyclic amines) is 1. The van der Waals surface area contributed by atoms with Crippen LogP contribution in [0.3, 0.4) is 0 Å². The molecule has 1 atom stereocenters. The van der Waals surface area contributed by atoms with Crippen LogP contribution in [-0.4, -0.2) is 42.2 Å². The standard InChI is InChI=1S/C16H22ClNO3/c1-2-8-21-15-6-5-13(17)9-14(15)16(20)18-7-3-4-12(10-18)11-19/h5-6,9,12,19H,2-4,7-8,10-11H2,1H3. The topological polar surface area (TPSA) is 49.8 Å². The Morgan fingerprint density at radius 3 is 3.05 bits per heavy atom. The normalized spacial score (nSPS) is 18.6. The second-order valence-electron chi connectivity index (χ2n) is 5.43. The quantitative estimate of drug-likeness (QED) is 0.909. The predicted molar refractivity (Wildman–Crippen MR) is 83.0 cm³/mol. The Morgan fingerprint density at radius 1 is 1.52 bits per heavy atom. The van der Waals surface area contributed by atoms with Gasteiger partial charge in [0.05, 0.1) is 12.2 Å². The van der Waals surface area contributed by atoms with E-state index in [2.05, 4.69) is 0 Å². The lowest BCUT2D eigenvalue weighted by Crippen LogP contribution is -2.41. The van der Waals surface area contributed by atoms with Crippen molar-refractivity contribution in [3.05, 3.63) is 28.8 Å². The van der Waals surface area contributed by atoms with Gasteiger partial charge in [0.2, 0.25) is 0 Å². The van der Waals surface area contributed by atoms with Gasteiger partial charge in [-0.15, -0.1) is 0 Å². The number of ether oxygens (including phenoxy) is 1. The Hall–Kier alpha value is -1.26. The Kier molecular flexibility index (Phi) is 5.88. The first kappa shape index (κ1) is 16.1. The summed E-state index contributed by atoms with van der Waals surface area (Å²) in [5, 5.41) is 9.82. The predicted octanol–water partition coefficient (Wildman–Crippen LogP) is 2.97. The summed E-state index contributed by atoms with van der Waals surface area (Å²) in [6.07, 6.45) is 2.77. The second-order valence-corrected chi connectivity index (χ2v) is 5.87. The maximum absolute atomic E-state index is 12.7. The minimum absolute atomic E-state index is 0.0678. The van der Waals surface area contributed by atoms with Crippen molar-refractivity contribution in [2.45, 2.75) is 26.2 Å². The zero-order chi connectivity index (χ0) is 15.2. The molecule has 1 aliphatic rings. The highest BCUT2D eigenvalue weighted by Crippen LogP contribution is 2.26. The first-order chi connectivity index (χ1) is 10.2. The molecule has 1 aromatic rings. The first-order valence-electron chi connectivity index (χ1n) is 7.48. The second kappa shape index (κ2) is 7.66. The molecule has 1 aliphatic heterocycles. The van der Waals surface area contributed by atoms with E-state index in [1.54, 1.807) is 23.1 Å². The van der Waals surface area contributed by atoms with Gasteiger partial charge in [-0.1, -0.05) is 18.5 Å². The molecule has 1 aromatic carbocycles. The number of carbonyl (C=O) groups is 1. The minimum atomic E-state index is -0.0678. The highest BCUT2D eigenvalue weighted by atomic mass is 35.5. The molecule has 0 aromatic heterocycles. The number of halogens is 1. The molecule has 4 nitrogen and oxygen atoms in total. The van der Waals surface area contributed by atoms with Gasteiger partial charge in [-0.3, -0.25) is 4.79 Å². The van der Waals surface area contributed by atoms with Crippen LogP contribution in [0.5, 0.6) is 5.75 Å². The summed E-state index contributed by atoms with van der Waals surface area (Å²) < 4.78 is 5.65. The molecule has 2 rings (SSSR count). The largest absolute Gasteiger partial charge is 0.493 e. The van der Waals surface area contributed by atoms with Gasteiger partial charge in [0.25, 0.3) is 5.91 Å². The van der Waals surface area contributed by atoms with E-state index in [1.165, 1.54) is 0 Å². The van der Waals surface area contributed by atoms with Gasteiger partial charge in [0, 0.05) is 24.7 Å². The molecular formula is C16H22ClNO3. The molecule has 0 aliphatic carbocycles. The number of carbonyl (C=O) groups excluding carboxylic acids is 1. The zero-order valence-electron chi connectivity index (χ0n) is 12.3. The van der Waals surface area contributed by atoms with E-state index >= 15 is 0 Å². The van der Waals surface area contributed by atoms with Crippen LogP contribution in [-0.2, 0) is 0 Å². The molecule has 1 unspecified atom stereocenters. The van der Waals surface area contributed by atoms with Crippen LogP contribution in [0.4, 0.5) is 0 Å². The Bertz CT molecular complexity index is 492. The Balaban J connectivity index is 2.18. The molecule has 0 bridgehead atoms. The number of aliphatic hydroxyl groups is 1. The molecule has 1 heterocycles. The molecule has 0 spiro atoms. The third-order valence-electron chi connectivity index (χ3n) is 3.70. The lowest BCUT2D eigenvalue weighted by atomic mass is 9.98. The summed E-state index contributed by atoms with van der Waals surface area (Å²) in [6, 6.07) is 5.15. The average Bonchev–Trinajstić information content (AvgIpc) is 2.53. The van der Waals surface area contributed by atoms with Crippen LogP contribution in [0.15, 0.2) is 18.2 Å². The van der Waals surface area contributed by atoms with Crippen molar-refractivity contribution in [3.63, 3.8) is 0 Å². The highest BCUT2D eigenvalue weighted by Gasteiger charge is 2.26. The van der Waals surface area contributed by atoms with E-state index in [9.17, 15) is 9.90 Å². The molecular weight excluding hydrogens is 290 g/mol. The summed E-state index contributed by atoms with van der Waals surface area (Å²) >= 11 is 6.02. The van der Waals surface area contributed by atoms with Gasteiger partial charge in [0.15, 0.2) is 0 Å². The Morgan fingerprint density at radius 2 is 2.33 bits per heavy atom. The summed E-state index contributed by atoms with van der Waals surface area (Å²) in [5.74, 6) is 0.681. The molecule has 0 radical (unpaired) electrons. The molecule has 1 N–H and O–H groups in total. The maximum atomic E-state index is 12.7. The average molecular weight is 312 g/mol. The lowest BCUT2D eigenvalue weighted by molar-refractivity contribution is 0.0616. The van der Waals surface area contributed by atoms with E-state index in [4.69, 9.17) is 16.3 Å². The molecule has 0 saturated carbocycles. The number of rotatable bonds is 5. The van der Waals surface area contributed by atoms with Crippen molar-refractivity contribution in [1.82, 2.24) is 4.90 Å². The fourth-order valence-electron chi connectivity index (χ4n) is 2.58. The van der Waals surface area contributed by atoms with Crippen molar-refractivity contribution < 1.29 is 14.6 Å². The number of aliphatic hydroxyl groups excluding tert-OH is 1. The monoisotopic (exact) mass is 311 g/mol. The van der Waals surface area contributed by atoms with Crippen LogP contribution < -0.4 is 4.74 Å². The molecule has 1 amide bonds. The zero-order valence-corrected chi connectivity index (χ0v) is 13.1. The molecule has 21 heavy (non-hydrogen) atoms. The number of hydrogen-bond acceptors (Lipinski definition) is 3. The van der Waals surface area contributed by atoms with Gasteiger partial charge in [0.1, 0.15) is 5.75 Å². The van der Waals surface area contributed by atoms with Crippen LogP contribution in [0.2, 0.25) is 5.02 Å². The number of piperidine rings is 1. The number of nitrogens with zero attached hydrogens (tertiary/aromatic N) is 1. The van der Waals surface area contributed by atoms with Gasteiger partial charge in [-0.2, -0.15) is 0 Å². The summed E-state index contributed by atoms with van der Waals surface area (Å²) in [5.41, 5.74) is 0.509. The fourth-order valence-corrected chi connectivity index (χ4v) is 2.75. The van der Waals surface area contributed by atoms with Crippen LogP contribution in [0.25, 0.3) is 0 Å². The smallest absolute Gasteiger partial charge is 0.257 e. The highest BCUT2D eigenvalue weighted by molar-refractivity contribution is 6.31. The van der Waals surface area contributed by atoms with Crippen LogP contribution in [0, 0.1) is 5.92 Å². The summed E-state index contributed by atoms with van der Waals surface area (Å²) in [4.78, 5) is 14.5. The van der Waals surface area contributed by atoms with Crippen molar-refractivity contribution in [3.8, 4) is 5.75 Å². The van der Waals surface area contributed by atoms with Gasteiger partial charge >= 0.3 is 0 Å². The fraction of sp³-hybridized carbons (Fsp3) is 0.562. The molecule has 1 saturated heterocycles. The molecule has 5 heteroatoms. The van der Waals surface area contributed by atoms with Crippen molar-refractivity contribution in [1.29, 1.82) is 0 Å². The molecule has 116 valence electrons. The van der Waals surface area contributed by atoms with E-state index < -0.39 is 0 Å².